The van der Waals surface area contributed by atoms with Crippen LogP contribution in [0.1, 0.15) is 146 Å². The van der Waals surface area contributed by atoms with Gasteiger partial charge < -0.3 is 15.1 Å². The predicted molar refractivity (Wildman–Crippen MR) is 202 cm³/mol. The molecule has 2 aliphatic heterocycles. The Labute approximate surface area is 313 Å². The van der Waals surface area contributed by atoms with Crippen molar-refractivity contribution in [1.29, 1.82) is 0 Å². The number of piperidine rings is 1. The number of nitrogens with one attached hydrogen (secondary N) is 1. The van der Waals surface area contributed by atoms with Gasteiger partial charge in [-0.25, -0.2) is 0 Å². The number of Topliss-reactive ketones (excluding diaryl/α,β-unsaturated/α-hetero) is 4. The summed E-state index contributed by atoms with van der Waals surface area (Å²) in [5, 5.41) is 3.11. The molecule has 3 aliphatic carbocycles. The highest BCUT2D eigenvalue weighted by Crippen LogP contribution is 2.88. The van der Waals surface area contributed by atoms with E-state index in [1.165, 1.54) is 0 Å². The molecule has 0 aromatic heterocycles. The Morgan fingerprint density at radius 2 is 1.52 bits per heavy atom. The van der Waals surface area contributed by atoms with Crippen molar-refractivity contribution in [2.75, 3.05) is 26.7 Å². The number of carbonyl (C=O) groups is 6. The lowest BCUT2D eigenvalue weighted by atomic mass is 9.73. The quantitative estimate of drug-likeness (QED) is 0.189. The number of fused-ring (bicyclic) bond motifs is 1. The van der Waals surface area contributed by atoms with Crippen LogP contribution >= 0.6 is 0 Å². The number of likely N-dealkylation sites (tertiary alicyclic amines) is 2. The van der Waals surface area contributed by atoms with Crippen LogP contribution in [0.25, 0.3) is 0 Å². The fraction of sp³-hybridized carbons (Fsp3) is 0.860. The molecule has 2 spiro atoms. The van der Waals surface area contributed by atoms with Gasteiger partial charge in [-0.2, -0.15) is 0 Å². The molecular weight excluding hydrogens is 654 g/mol. The molecule has 0 radical (unpaired) electrons. The highest BCUT2D eigenvalue weighted by atomic mass is 16.2. The monoisotopic (exact) mass is 724 g/mol. The maximum Gasteiger partial charge on any atom is 0.227 e. The Bertz CT molecular complexity index is 1430. The minimum absolute atomic E-state index is 0.0331. The fourth-order valence-electron chi connectivity index (χ4n) is 10.8. The molecule has 0 aromatic rings. The molecule has 0 aromatic carbocycles. The normalized spacial score (nSPS) is 28.5. The standard InChI is InChI=1S/C43H69N3O6/c1-11-14-28(35(50)33(48)21-27-16-17-27)22-32(47)31-24-43(41(8,9)42(43)18-13-19-42)26-46(31)38(52)30(39(2,3)4)23-34(49)36(40(5,6)7)44-37(51)29-15-12-20-45(10)25-29/h27-31,36H,11-26H2,1-10H3,(H,44,51)/t28-,29-,30-,31+,36-,43-/m1/s1. The van der Waals surface area contributed by atoms with Gasteiger partial charge in [0.05, 0.1) is 18.0 Å². The highest BCUT2D eigenvalue weighted by Gasteiger charge is 2.85. The summed E-state index contributed by atoms with van der Waals surface area (Å²) in [4.78, 5) is 87.7. The molecule has 9 nitrogen and oxygen atoms in total. The third-order valence-corrected chi connectivity index (χ3v) is 14.6. The number of amides is 2. The van der Waals surface area contributed by atoms with Gasteiger partial charge in [0.2, 0.25) is 17.6 Å². The molecule has 0 unspecified atom stereocenters. The van der Waals surface area contributed by atoms with Crippen molar-refractivity contribution in [3.05, 3.63) is 0 Å². The van der Waals surface area contributed by atoms with E-state index in [-0.39, 0.29) is 70.6 Å². The van der Waals surface area contributed by atoms with E-state index in [9.17, 15) is 24.0 Å². The molecule has 5 fully saturated rings. The van der Waals surface area contributed by atoms with E-state index in [0.717, 1.165) is 51.5 Å². The number of hydrogen-bond acceptors (Lipinski definition) is 7. The van der Waals surface area contributed by atoms with Crippen LogP contribution in [0, 0.1) is 50.7 Å². The van der Waals surface area contributed by atoms with E-state index >= 15 is 4.79 Å². The van der Waals surface area contributed by atoms with E-state index in [4.69, 9.17) is 0 Å². The number of nitrogens with zero attached hydrogens (tertiary/aromatic N) is 2. The first-order valence-corrected chi connectivity index (χ1v) is 20.5. The lowest BCUT2D eigenvalue weighted by molar-refractivity contribution is -0.147. The number of hydrogen-bond donors (Lipinski definition) is 1. The van der Waals surface area contributed by atoms with Crippen LogP contribution in [-0.4, -0.2) is 83.5 Å². The maximum absolute atomic E-state index is 15.1. The summed E-state index contributed by atoms with van der Waals surface area (Å²) in [7, 11) is 2.01. The van der Waals surface area contributed by atoms with Crippen molar-refractivity contribution in [1.82, 2.24) is 15.1 Å². The minimum atomic E-state index is -0.762. The van der Waals surface area contributed by atoms with Gasteiger partial charge in [0.25, 0.3) is 0 Å². The van der Waals surface area contributed by atoms with Crippen molar-refractivity contribution < 1.29 is 28.8 Å². The summed E-state index contributed by atoms with van der Waals surface area (Å²) < 4.78 is 0. The highest BCUT2D eigenvalue weighted by molar-refractivity contribution is 6.38. The van der Waals surface area contributed by atoms with Crippen LogP contribution in [0.4, 0.5) is 0 Å². The zero-order valence-electron chi connectivity index (χ0n) is 34.1. The van der Waals surface area contributed by atoms with Crippen molar-refractivity contribution in [2.24, 2.45) is 50.7 Å². The molecule has 292 valence electrons. The molecule has 2 heterocycles. The van der Waals surface area contributed by atoms with Crippen LogP contribution in [-0.2, 0) is 28.8 Å². The Morgan fingerprint density at radius 1 is 0.865 bits per heavy atom. The minimum Gasteiger partial charge on any atom is -0.345 e. The van der Waals surface area contributed by atoms with Crippen molar-refractivity contribution in [3.8, 4) is 0 Å². The summed E-state index contributed by atoms with van der Waals surface area (Å²) in [6.07, 6.45) is 8.91. The van der Waals surface area contributed by atoms with Crippen molar-refractivity contribution in [2.45, 2.75) is 158 Å². The molecule has 5 aliphatic rings. The molecular formula is C43H69N3O6. The molecule has 9 heteroatoms. The zero-order chi connectivity index (χ0) is 38.6. The lowest BCUT2D eigenvalue weighted by Gasteiger charge is -2.38. The number of rotatable bonds is 15. The van der Waals surface area contributed by atoms with Crippen LogP contribution in [0.15, 0.2) is 0 Å². The zero-order valence-corrected chi connectivity index (χ0v) is 34.1. The third-order valence-electron chi connectivity index (χ3n) is 14.6. The van der Waals surface area contributed by atoms with E-state index < -0.39 is 40.5 Å². The molecule has 2 amide bonds. The number of carbonyl (C=O) groups excluding carboxylic acids is 6. The van der Waals surface area contributed by atoms with Gasteiger partial charge in [-0.15, -0.1) is 0 Å². The first-order chi connectivity index (χ1) is 24.1. The van der Waals surface area contributed by atoms with Crippen LogP contribution in [0.2, 0.25) is 0 Å². The van der Waals surface area contributed by atoms with E-state index in [0.29, 0.717) is 38.3 Å². The Morgan fingerprint density at radius 3 is 2.02 bits per heavy atom. The van der Waals surface area contributed by atoms with Gasteiger partial charge in [0, 0.05) is 49.6 Å². The first kappa shape index (κ1) is 40.8. The predicted octanol–water partition coefficient (Wildman–Crippen LogP) is 6.59. The summed E-state index contributed by atoms with van der Waals surface area (Å²) in [5.41, 5.74) is -1.30. The summed E-state index contributed by atoms with van der Waals surface area (Å²) in [6.45, 7) is 20.4. The summed E-state index contributed by atoms with van der Waals surface area (Å²) in [5.74, 6) is -2.65. The topological polar surface area (TPSA) is 121 Å². The van der Waals surface area contributed by atoms with Gasteiger partial charge in [0.1, 0.15) is 0 Å². The molecule has 6 atom stereocenters. The van der Waals surface area contributed by atoms with E-state index in [1.54, 1.807) is 4.90 Å². The summed E-state index contributed by atoms with van der Waals surface area (Å²) >= 11 is 0. The van der Waals surface area contributed by atoms with E-state index in [2.05, 4.69) is 24.1 Å². The Kier molecular flexibility index (Phi) is 11.5. The average molecular weight is 724 g/mol. The second-order valence-corrected chi connectivity index (χ2v) is 20.4. The SMILES string of the molecule is CCC[C@H](CC(=O)[C@@H]1C[C@@]2(CN1C(=O)[C@@H](CC(=O)[C@@H](NC(=O)[C@@H]1CCCN(C)C1)C(C)(C)C)C(C)(C)C)C(C)(C)C21CCC1)C(=O)C(=O)CC1CC1. The van der Waals surface area contributed by atoms with Gasteiger partial charge in [-0.05, 0) is 92.5 Å². The Balaban J connectivity index is 1.40. The smallest absolute Gasteiger partial charge is 0.227 e. The van der Waals surface area contributed by atoms with Crippen molar-refractivity contribution >= 4 is 34.9 Å². The van der Waals surface area contributed by atoms with Gasteiger partial charge >= 0.3 is 0 Å². The molecule has 5 rings (SSSR count). The first-order valence-electron chi connectivity index (χ1n) is 20.5. The van der Waals surface area contributed by atoms with Crippen LogP contribution in [0.5, 0.6) is 0 Å². The molecule has 3 saturated carbocycles. The van der Waals surface area contributed by atoms with E-state index in [1.807, 2.05) is 55.5 Å². The second kappa shape index (κ2) is 14.7. The Hall–Kier alpha value is -2.42. The second-order valence-electron chi connectivity index (χ2n) is 20.4. The summed E-state index contributed by atoms with van der Waals surface area (Å²) in [6, 6.07) is -1.46. The third kappa shape index (κ3) is 7.60. The molecule has 2 saturated heterocycles. The molecule has 1 N–H and O–H groups in total. The van der Waals surface area contributed by atoms with Gasteiger partial charge in [0.15, 0.2) is 17.3 Å². The van der Waals surface area contributed by atoms with Crippen LogP contribution < -0.4 is 5.32 Å². The van der Waals surface area contributed by atoms with Crippen LogP contribution in [0.3, 0.4) is 0 Å². The average Bonchev–Trinajstić information content (AvgIpc) is 3.85. The van der Waals surface area contributed by atoms with Gasteiger partial charge in [-0.1, -0.05) is 75.2 Å². The number of ketones is 4. The molecule has 52 heavy (non-hydrogen) atoms. The maximum atomic E-state index is 15.1. The fourth-order valence-corrected chi connectivity index (χ4v) is 10.8. The largest absolute Gasteiger partial charge is 0.345 e. The lowest BCUT2D eigenvalue weighted by Crippen LogP contribution is -2.54. The van der Waals surface area contributed by atoms with Gasteiger partial charge in [-0.3, -0.25) is 28.8 Å². The van der Waals surface area contributed by atoms with Crippen molar-refractivity contribution in [3.63, 3.8) is 0 Å². The molecule has 0 bridgehead atoms.